The highest BCUT2D eigenvalue weighted by Crippen LogP contribution is 2.27. The molecule has 2 aliphatic heterocycles. The minimum absolute atomic E-state index is 0.0943. The molecule has 0 unspecified atom stereocenters. The second-order valence-electron chi connectivity index (χ2n) is 10.5. The summed E-state index contributed by atoms with van der Waals surface area (Å²) in [7, 11) is 0. The van der Waals surface area contributed by atoms with Crippen LogP contribution in [-0.4, -0.2) is 49.6 Å². The predicted octanol–water partition coefficient (Wildman–Crippen LogP) is 3.06. The molecule has 0 bridgehead atoms. The second-order valence-corrected chi connectivity index (χ2v) is 10.5. The molecule has 2 aliphatic rings. The van der Waals surface area contributed by atoms with Crippen molar-refractivity contribution in [3.63, 3.8) is 0 Å². The molecule has 0 atom stereocenters. The van der Waals surface area contributed by atoms with Crippen molar-refractivity contribution in [1.82, 2.24) is 15.3 Å². The van der Waals surface area contributed by atoms with E-state index in [4.69, 9.17) is 0 Å². The molecule has 10 nitrogen and oxygen atoms in total. The number of aliphatic carboxylic acids is 2. The van der Waals surface area contributed by atoms with Gasteiger partial charge in [-0.1, -0.05) is 25.3 Å². The molecule has 5 N–H and O–H groups in total. The van der Waals surface area contributed by atoms with Gasteiger partial charge in [0.1, 0.15) is 0 Å². The van der Waals surface area contributed by atoms with Crippen molar-refractivity contribution >= 4 is 47.7 Å². The van der Waals surface area contributed by atoms with E-state index >= 15 is 0 Å². The molecule has 0 saturated carbocycles. The lowest BCUT2D eigenvalue weighted by Crippen LogP contribution is -2.15. The van der Waals surface area contributed by atoms with Crippen LogP contribution < -0.4 is 16.0 Å². The van der Waals surface area contributed by atoms with E-state index in [9.17, 15) is 29.4 Å². The first kappa shape index (κ1) is 30.7. The van der Waals surface area contributed by atoms with Crippen LogP contribution >= 0.6 is 0 Å². The largest absolute Gasteiger partial charge is 0.481 e. The first-order valence-corrected chi connectivity index (χ1v) is 13.8. The SMILES string of the molecule is C=CC1=C(C)C(C=c2[nH]/c(=C\c3[nH]c(/C=C4\NC(=O)C(C)=C4C=C)c(C)c3CCC(=O)O)c(CCC(=O)O)c2C)=NC1=O. The molecule has 2 aromatic heterocycles. The van der Waals surface area contributed by atoms with Crippen molar-refractivity contribution in [2.75, 3.05) is 0 Å². The number of aromatic nitrogens is 2. The van der Waals surface area contributed by atoms with Crippen molar-refractivity contribution in [1.29, 1.82) is 0 Å². The van der Waals surface area contributed by atoms with Gasteiger partial charge in [0.2, 0.25) is 0 Å². The van der Waals surface area contributed by atoms with E-state index in [1.54, 1.807) is 32.1 Å². The maximum absolute atomic E-state index is 12.3. The summed E-state index contributed by atoms with van der Waals surface area (Å²) in [6.45, 7) is 14.8. The Morgan fingerprint density at radius 3 is 1.98 bits per heavy atom. The number of amides is 2. The van der Waals surface area contributed by atoms with Gasteiger partial charge in [-0.15, -0.1) is 0 Å². The molecule has 4 rings (SSSR count). The van der Waals surface area contributed by atoms with Crippen molar-refractivity contribution in [2.45, 2.75) is 53.4 Å². The molecule has 0 aromatic carbocycles. The Morgan fingerprint density at radius 1 is 0.767 bits per heavy atom. The third-order valence-corrected chi connectivity index (χ3v) is 7.87. The summed E-state index contributed by atoms with van der Waals surface area (Å²) in [6.07, 6.45) is 8.80. The zero-order valence-electron chi connectivity index (χ0n) is 24.6. The van der Waals surface area contributed by atoms with Crippen LogP contribution in [-0.2, 0) is 32.0 Å². The summed E-state index contributed by atoms with van der Waals surface area (Å²) in [5.41, 5.74) is 7.97. The summed E-state index contributed by atoms with van der Waals surface area (Å²) < 4.78 is 0. The van der Waals surface area contributed by atoms with E-state index in [-0.39, 0.29) is 37.5 Å². The van der Waals surface area contributed by atoms with Gasteiger partial charge in [0.15, 0.2) is 0 Å². The van der Waals surface area contributed by atoms with E-state index < -0.39 is 11.9 Å². The van der Waals surface area contributed by atoms with Crippen molar-refractivity contribution in [3.8, 4) is 0 Å². The molecule has 4 heterocycles. The number of carbonyl (C=O) groups excluding carboxylic acids is 2. The molecular formula is C33H34N4O6. The van der Waals surface area contributed by atoms with Crippen LogP contribution in [0.4, 0.5) is 0 Å². The number of aliphatic imine (C=N–C) groups is 1. The van der Waals surface area contributed by atoms with E-state index in [1.165, 1.54) is 6.08 Å². The van der Waals surface area contributed by atoms with Crippen LogP contribution in [0.25, 0.3) is 18.2 Å². The highest BCUT2D eigenvalue weighted by molar-refractivity contribution is 6.31. The summed E-state index contributed by atoms with van der Waals surface area (Å²) >= 11 is 0. The number of carboxylic acids is 2. The van der Waals surface area contributed by atoms with Gasteiger partial charge in [0.05, 0.1) is 11.4 Å². The topological polar surface area (TPSA) is 165 Å². The van der Waals surface area contributed by atoms with Crippen molar-refractivity contribution in [3.05, 3.63) is 97.6 Å². The highest BCUT2D eigenvalue weighted by atomic mass is 16.4. The quantitative estimate of drug-likeness (QED) is 0.273. The number of carboxylic acid groups (broad SMARTS) is 2. The third-order valence-electron chi connectivity index (χ3n) is 7.87. The van der Waals surface area contributed by atoms with Gasteiger partial charge in [-0.2, -0.15) is 0 Å². The fourth-order valence-corrected chi connectivity index (χ4v) is 5.34. The lowest BCUT2D eigenvalue weighted by Gasteiger charge is -2.02. The average Bonchev–Trinajstić information content (AvgIpc) is 3.59. The van der Waals surface area contributed by atoms with E-state index in [2.05, 4.69) is 33.4 Å². The zero-order valence-corrected chi connectivity index (χ0v) is 24.6. The highest BCUT2D eigenvalue weighted by Gasteiger charge is 2.23. The normalized spacial score (nSPS) is 16.9. The number of H-pyrrole nitrogens is 2. The zero-order chi connectivity index (χ0) is 31.6. The number of nitrogens with zero attached hydrogens (tertiary/aromatic N) is 1. The molecule has 0 radical (unpaired) electrons. The van der Waals surface area contributed by atoms with Gasteiger partial charge < -0.3 is 25.5 Å². The number of aromatic amines is 2. The molecule has 0 aliphatic carbocycles. The molecule has 10 heteroatoms. The van der Waals surface area contributed by atoms with Gasteiger partial charge >= 0.3 is 11.9 Å². The molecular weight excluding hydrogens is 548 g/mol. The Bertz CT molecular complexity index is 1860. The lowest BCUT2D eigenvalue weighted by molar-refractivity contribution is -0.138. The smallest absolute Gasteiger partial charge is 0.303 e. The predicted molar refractivity (Wildman–Crippen MR) is 165 cm³/mol. The minimum Gasteiger partial charge on any atom is -0.481 e. The van der Waals surface area contributed by atoms with Gasteiger partial charge in [-0.3, -0.25) is 19.2 Å². The number of allylic oxidation sites excluding steroid dienone is 2. The Balaban J connectivity index is 1.92. The van der Waals surface area contributed by atoms with E-state index in [1.807, 2.05) is 19.9 Å². The Kier molecular flexibility index (Phi) is 8.80. The summed E-state index contributed by atoms with van der Waals surface area (Å²) in [4.78, 5) is 58.4. The Morgan fingerprint density at radius 2 is 1.40 bits per heavy atom. The van der Waals surface area contributed by atoms with E-state index in [0.717, 1.165) is 22.3 Å². The summed E-state index contributed by atoms with van der Waals surface area (Å²) in [5.74, 6) is -2.46. The van der Waals surface area contributed by atoms with Crippen molar-refractivity contribution in [2.24, 2.45) is 4.99 Å². The van der Waals surface area contributed by atoms with Crippen LogP contribution in [0.2, 0.25) is 0 Å². The molecule has 2 amide bonds. The Hall–Kier alpha value is -5.25. The second kappa shape index (κ2) is 12.3. The minimum atomic E-state index is -0.941. The molecule has 43 heavy (non-hydrogen) atoms. The van der Waals surface area contributed by atoms with Crippen LogP contribution in [0.15, 0.2) is 58.3 Å². The lowest BCUT2D eigenvalue weighted by atomic mass is 10.0. The average molecular weight is 583 g/mol. The monoisotopic (exact) mass is 582 g/mol. The van der Waals surface area contributed by atoms with Crippen LogP contribution in [0.1, 0.15) is 60.3 Å². The molecule has 0 saturated heterocycles. The molecule has 0 spiro atoms. The third kappa shape index (κ3) is 6.18. The Labute approximate surface area is 248 Å². The van der Waals surface area contributed by atoms with Crippen LogP contribution in [0.3, 0.4) is 0 Å². The number of carbonyl (C=O) groups is 4. The molecule has 222 valence electrons. The first-order chi connectivity index (χ1) is 20.4. The van der Waals surface area contributed by atoms with Gasteiger partial charge in [-0.25, -0.2) is 4.99 Å². The van der Waals surface area contributed by atoms with Gasteiger partial charge in [-0.05, 0) is 86.6 Å². The number of hydrogen-bond acceptors (Lipinski definition) is 4. The maximum atomic E-state index is 12.3. The fourth-order valence-electron chi connectivity index (χ4n) is 5.34. The number of rotatable bonds is 11. The summed E-state index contributed by atoms with van der Waals surface area (Å²) in [5, 5.41) is 23.0. The maximum Gasteiger partial charge on any atom is 0.303 e. The van der Waals surface area contributed by atoms with Crippen LogP contribution in [0.5, 0.6) is 0 Å². The molecule has 0 fully saturated rings. The molecule has 2 aromatic rings. The van der Waals surface area contributed by atoms with Crippen LogP contribution in [0, 0.1) is 13.8 Å². The van der Waals surface area contributed by atoms with Gasteiger partial charge in [0, 0.05) is 51.6 Å². The van der Waals surface area contributed by atoms with Crippen molar-refractivity contribution < 1.29 is 29.4 Å². The first-order valence-electron chi connectivity index (χ1n) is 13.8. The number of nitrogens with one attached hydrogen (secondary N) is 3. The number of hydrogen-bond donors (Lipinski definition) is 5. The summed E-state index contributed by atoms with van der Waals surface area (Å²) in [6, 6.07) is 0. The fraction of sp³-hybridized carbons (Fsp3) is 0.242. The van der Waals surface area contributed by atoms with E-state index in [0.29, 0.717) is 55.8 Å². The standard InChI is InChI=1S/C33H34N4O6/c1-7-20-19(6)32(42)37-27(20)14-25-18(5)23(10-12-31(40)41)29(35-25)15-28-22(9-11-30(38)39)17(4)24(34-28)13-26-16(3)21(8-2)33(43)36-26/h7-8,13-15,34-35H,1-2,9-12H2,3-6H3,(H,37,42)(H,38,39)(H,40,41)/b24-13?,27-14-,28-15-. The van der Waals surface area contributed by atoms with Gasteiger partial charge in [0.25, 0.3) is 11.8 Å².